The highest BCUT2D eigenvalue weighted by Gasteiger charge is 2.22. The van der Waals surface area contributed by atoms with Crippen molar-refractivity contribution < 1.29 is 4.74 Å². The molecule has 86 valence electrons. The lowest BCUT2D eigenvalue weighted by molar-refractivity contribution is 0.0764. The lowest BCUT2D eigenvalue weighted by Gasteiger charge is -2.28. The molecule has 0 aromatic carbocycles. The van der Waals surface area contributed by atoms with E-state index in [4.69, 9.17) is 10.00 Å². The molecule has 1 aliphatic heterocycles. The molecule has 0 N–H and O–H groups in total. The van der Waals surface area contributed by atoms with Crippen LogP contribution in [-0.2, 0) is 11.2 Å². The number of morpholine rings is 1. The molecule has 1 aromatic heterocycles. The zero-order valence-corrected chi connectivity index (χ0v) is 10.0. The van der Waals surface area contributed by atoms with Gasteiger partial charge in [0.2, 0.25) is 5.13 Å². The van der Waals surface area contributed by atoms with Gasteiger partial charge in [0.25, 0.3) is 0 Å². The molecule has 1 fully saturated rings. The molecule has 6 heteroatoms. The third-order valence-corrected chi connectivity index (χ3v) is 3.23. The fourth-order valence-corrected chi connectivity index (χ4v) is 2.35. The molecule has 0 spiro atoms. The fourth-order valence-electron chi connectivity index (χ4n) is 1.60. The normalized spacial score (nSPS) is 20.8. The van der Waals surface area contributed by atoms with E-state index in [1.165, 1.54) is 11.5 Å². The van der Waals surface area contributed by atoms with Crippen LogP contribution in [0.25, 0.3) is 0 Å². The largest absolute Gasteiger partial charge is 0.360 e. The second-order valence-electron chi connectivity index (χ2n) is 3.68. The summed E-state index contributed by atoms with van der Waals surface area (Å²) in [6.45, 7) is 4.08. The summed E-state index contributed by atoms with van der Waals surface area (Å²) in [6.07, 6.45) is 1.63. The Morgan fingerprint density at radius 2 is 2.56 bits per heavy atom. The summed E-state index contributed by atoms with van der Waals surface area (Å²) in [4.78, 5) is 6.54. The van der Waals surface area contributed by atoms with Gasteiger partial charge in [0.05, 0.1) is 19.2 Å². The molecule has 1 aromatic rings. The van der Waals surface area contributed by atoms with Crippen LogP contribution in [0.1, 0.15) is 19.2 Å². The zero-order chi connectivity index (χ0) is 11.4. The minimum Gasteiger partial charge on any atom is -0.360 e. The van der Waals surface area contributed by atoms with E-state index in [1.54, 1.807) is 0 Å². The van der Waals surface area contributed by atoms with Crippen molar-refractivity contribution >= 4 is 16.7 Å². The van der Waals surface area contributed by atoms with Crippen molar-refractivity contribution in [3.63, 3.8) is 0 Å². The molecule has 1 aliphatic rings. The van der Waals surface area contributed by atoms with E-state index in [9.17, 15) is 0 Å². The zero-order valence-electron chi connectivity index (χ0n) is 9.22. The number of aromatic nitrogens is 2. The van der Waals surface area contributed by atoms with Gasteiger partial charge in [-0.05, 0) is 6.42 Å². The van der Waals surface area contributed by atoms with E-state index in [-0.39, 0.29) is 6.10 Å². The van der Waals surface area contributed by atoms with Gasteiger partial charge in [-0.2, -0.15) is 9.64 Å². The standard InChI is InChI=1S/C10H14N4OS/c1-2-3-9-12-10(16-13-9)14-4-5-15-8(6-11)7-14/h8H,2-5,7H2,1H3. The van der Waals surface area contributed by atoms with Gasteiger partial charge in [-0.25, -0.2) is 4.98 Å². The van der Waals surface area contributed by atoms with Crippen LogP contribution < -0.4 is 4.90 Å². The molecule has 0 bridgehead atoms. The van der Waals surface area contributed by atoms with Crippen molar-refractivity contribution in [2.45, 2.75) is 25.9 Å². The molecule has 1 atom stereocenters. The first-order valence-corrected chi connectivity index (χ1v) is 6.19. The molecule has 16 heavy (non-hydrogen) atoms. The Bertz CT molecular complexity index is 386. The molecule has 2 rings (SSSR count). The summed E-state index contributed by atoms with van der Waals surface area (Å²) in [6, 6.07) is 2.13. The van der Waals surface area contributed by atoms with Crippen molar-refractivity contribution in [3.8, 4) is 6.07 Å². The smallest absolute Gasteiger partial charge is 0.205 e. The summed E-state index contributed by atoms with van der Waals surface area (Å²) in [5.41, 5.74) is 0. The van der Waals surface area contributed by atoms with Crippen molar-refractivity contribution in [1.82, 2.24) is 9.36 Å². The van der Waals surface area contributed by atoms with Crippen LogP contribution in [0, 0.1) is 11.3 Å². The third kappa shape index (κ3) is 2.49. The van der Waals surface area contributed by atoms with Gasteiger partial charge in [0.1, 0.15) is 5.82 Å². The number of ether oxygens (including phenoxy) is 1. The Labute approximate surface area is 98.8 Å². The maximum atomic E-state index is 8.81. The molecule has 0 saturated carbocycles. The van der Waals surface area contributed by atoms with Gasteiger partial charge in [-0.3, -0.25) is 0 Å². The van der Waals surface area contributed by atoms with Crippen LogP contribution in [0.3, 0.4) is 0 Å². The number of hydrogen-bond donors (Lipinski definition) is 0. The molecule has 0 amide bonds. The first kappa shape index (κ1) is 11.3. The molecular weight excluding hydrogens is 224 g/mol. The van der Waals surface area contributed by atoms with Gasteiger partial charge in [-0.15, -0.1) is 0 Å². The van der Waals surface area contributed by atoms with Crippen LogP contribution in [0.5, 0.6) is 0 Å². The van der Waals surface area contributed by atoms with E-state index in [0.29, 0.717) is 13.2 Å². The monoisotopic (exact) mass is 238 g/mol. The minimum absolute atomic E-state index is 0.340. The maximum Gasteiger partial charge on any atom is 0.205 e. The topological polar surface area (TPSA) is 62.0 Å². The van der Waals surface area contributed by atoms with Crippen LogP contribution in [0.4, 0.5) is 5.13 Å². The first-order chi connectivity index (χ1) is 7.83. The van der Waals surface area contributed by atoms with Crippen LogP contribution >= 0.6 is 11.5 Å². The van der Waals surface area contributed by atoms with E-state index in [1.807, 2.05) is 0 Å². The number of rotatable bonds is 3. The lowest BCUT2D eigenvalue weighted by Crippen LogP contribution is -2.41. The average Bonchev–Trinajstić information content (AvgIpc) is 2.78. The average molecular weight is 238 g/mol. The fraction of sp³-hybridized carbons (Fsp3) is 0.700. The SMILES string of the molecule is CCCc1nsc(N2CCOC(C#N)C2)n1. The van der Waals surface area contributed by atoms with Crippen molar-refractivity contribution in [1.29, 1.82) is 5.26 Å². The predicted octanol–water partition coefficient (Wildman–Crippen LogP) is 1.22. The molecule has 2 heterocycles. The summed E-state index contributed by atoms with van der Waals surface area (Å²) >= 11 is 1.41. The number of hydrogen-bond acceptors (Lipinski definition) is 6. The van der Waals surface area contributed by atoms with Crippen LogP contribution in [-0.4, -0.2) is 35.2 Å². The molecule has 5 nitrogen and oxygen atoms in total. The van der Waals surface area contributed by atoms with E-state index in [0.717, 1.165) is 30.3 Å². The first-order valence-electron chi connectivity index (χ1n) is 5.42. The van der Waals surface area contributed by atoms with E-state index < -0.39 is 0 Å². The summed E-state index contributed by atoms with van der Waals surface area (Å²) in [7, 11) is 0. The highest BCUT2D eigenvalue weighted by atomic mass is 32.1. The van der Waals surface area contributed by atoms with Crippen molar-refractivity contribution in [3.05, 3.63) is 5.82 Å². The van der Waals surface area contributed by atoms with E-state index >= 15 is 0 Å². The summed E-state index contributed by atoms with van der Waals surface area (Å²) in [5, 5.41) is 9.72. The Balaban J connectivity index is 2.02. The Morgan fingerprint density at radius 1 is 1.69 bits per heavy atom. The highest BCUT2D eigenvalue weighted by molar-refractivity contribution is 7.09. The maximum absolute atomic E-state index is 8.81. The summed E-state index contributed by atoms with van der Waals surface area (Å²) < 4.78 is 9.58. The Morgan fingerprint density at radius 3 is 3.31 bits per heavy atom. The van der Waals surface area contributed by atoms with E-state index in [2.05, 4.69) is 27.3 Å². The minimum atomic E-state index is -0.340. The number of nitriles is 1. The van der Waals surface area contributed by atoms with Gasteiger partial charge < -0.3 is 9.64 Å². The second-order valence-corrected chi connectivity index (χ2v) is 4.41. The predicted molar refractivity (Wildman–Crippen MR) is 61.5 cm³/mol. The van der Waals surface area contributed by atoms with Crippen molar-refractivity contribution in [2.75, 3.05) is 24.6 Å². The molecule has 1 unspecified atom stereocenters. The molecular formula is C10H14N4OS. The molecule has 1 saturated heterocycles. The van der Waals surface area contributed by atoms with Gasteiger partial charge in [-0.1, -0.05) is 6.92 Å². The Hall–Kier alpha value is -1.19. The quantitative estimate of drug-likeness (QED) is 0.792. The highest BCUT2D eigenvalue weighted by Crippen LogP contribution is 2.20. The van der Waals surface area contributed by atoms with Crippen LogP contribution in [0.2, 0.25) is 0 Å². The molecule has 0 aliphatic carbocycles. The van der Waals surface area contributed by atoms with Gasteiger partial charge in [0, 0.05) is 24.5 Å². The third-order valence-electron chi connectivity index (χ3n) is 2.41. The second kappa shape index (κ2) is 5.23. The number of anilines is 1. The van der Waals surface area contributed by atoms with Crippen LogP contribution in [0.15, 0.2) is 0 Å². The Kier molecular flexibility index (Phi) is 3.70. The summed E-state index contributed by atoms with van der Waals surface area (Å²) in [5.74, 6) is 0.905. The number of nitrogens with zero attached hydrogens (tertiary/aromatic N) is 4. The lowest BCUT2D eigenvalue weighted by atomic mass is 10.3. The van der Waals surface area contributed by atoms with Crippen molar-refractivity contribution in [2.24, 2.45) is 0 Å². The van der Waals surface area contributed by atoms with Gasteiger partial charge in [0.15, 0.2) is 6.10 Å². The number of aryl methyl sites for hydroxylation is 1. The molecule has 0 radical (unpaired) electrons. The van der Waals surface area contributed by atoms with Gasteiger partial charge >= 0.3 is 0 Å².